The van der Waals surface area contributed by atoms with Crippen LogP contribution in [0.4, 0.5) is 5.82 Å². The fraction of sp³-hybridized carbons (Fsp3) is 0.667. The highest BCUT2D eigenvalue weighted by atomic mass is 32.2. The fourth-order valence-corrected chi connectivity index (χ4v) is 3.66. The molecule has 1 aliphatic heterocycles. The summed E-state index contributed by atoms with van der Waals surface area (Å²) in [5, 5.41) is 4.11. The van der Waals surface area contributed by atoms with Gasteiger partial charge >= 0.3 is 0 Å². The summed E-state index contributed by atoms with van der Waals surface area (Å²) < 4.78 is 0. The summed E-state index contributed by atoms with van der Waals surface area (Å²) in [6.45, 7) is 10.8. The summed E-state index contributed by atoms with van der Waals surface area (Å²) in [7, 11) is 0. The van der Waals surface area contributed by atoms with Gasteiger partial charge in [0.25, 0.3) is 0 Å². The molecule has 1 unspecified atom stereocenters. The zero-order valence-corrected chi connectivity index (χ0v) is 13.1. The maximum absolute atomic E-state index is 4.70. The Kier molecular flexibility index (Phi) is 5.52. The number of hydrogen-bond acceptors (Lipinski definition) is 4. The Balaban J connectivity index is 2.07. The predicted molar refractivity (Wildman–Crippen MR) is 85.1 cm³/mol. The molecule has 0 aliphatic carbocycles. The number of aryl methyl sites for hydroxylation is 1. The molecular formula is C15H25N3S. The van der Waals surface area contributed by atoms with Gasteiger partial charge in [-0.05, 0) is 37.1 Å². The number of rotatable bonds is 5. The Labute approximate surface area is 121 Å². The van der Waals surface area contributed by atoms with Crippen LogP contribution in [-0.2, 0) is 6.54 Å². The smallest absolute Gasteiger partial charge is 0.131 e. The molecule has 1 atom stereocenters. The highest BCUT2D eigenvalue weighted by molar-refractivity contribution is 8.00. The molecule has 106 valence electrons. The van der Waals surface area contributed by atoms with Crippen LogP contribution in [0.5, 0.6) is 0 Å². The number of hydrogen-bond donors (Lipinski definition) is 1. The lowest BCUT2D eigenvalue weighted by Gasteiger charge is -2.33. The molecule has 2 rings (SSSR count). The summed E-state index contributed by atoms with van der Waals surface area (Å²) in [5.74, 6) is 2.40. The minimum absolute atomic E-state index is 0.761. The summed E-state index contributed by atoms with van der Waals surface area (Å²) in [6, 6.07) is 2.27. The van der Waals surface area contributed by atoms with Crippen LogP contribution in [0.2, 0.25) is 0 Å². The lowest BCUT2D eigenvalue weighted by Crippen LogP contribution is -2.38. The summed E-state index contributed by atoms with van der Waals surface area (Å²) in [4.78, 5) is 7.16. The predicted octanol–water partition coefficient (Wildman–Crippen LogP) is 2.83. The molecule has 3 nitrogen and oxygen atoms in total. The lowest BCUT2D eigenvalue weighted by molar-refractivity contribution is 0.709. The third kappa shape index (κ3) is 3.86. The fourth-order valence-electron chi connectivity index (χ4n) is 2.48. The monoisotopic (exact) mass is 279 g/mol. The van der Waals surface area contributed by atoms with E-state index < -0.39 is 0 Å². The third-order valence-electron chi connectivity index (χ3n) is 3.58. The van der Waals surface area contributed by atoms with Gasteiger partial charge in [-0.1, -0.05) is 13.8 Å². The average Bonchev–Trinajstić information content (AvgIpc) is 2.45. The Bertz CT molecular complexity index is 408. The van der Waals surface area contributed by atoms with E-state index in [1.165, 1.54) is 29.1 Å². The van der Waals surface area contributed by atoms with Crippen LogP contribution in [0.1, 0.15) is 31.4 Å². The standard InChI is InChI=1S/C15H25N3S/c1-4-14-11-18(6-7-19-14)15-12(3)8-13(10-17-15)9-16-5-2/h8,10,14,16H,4-7,9,11H2,1-3H3. The first-order valence-corrected chi connectivity index (χ1v) is 8.32. The molecule has 4 heteroatoms. The first-order valence-electron chi connectivity index (χ1n) is 7.27. The first-order chi connectivity index (χ1) is 9.24. The zero-order valence-electron chi connectivity index (χ0n) is 12.3. The van der Waals surface area contributed by atoms with Gasteiger partial charge in [-0.2, -0.15) is 11.8 Å². The highest BCUT2D eigenvalue weighted by Crippen LogP contribution is 2.26. The van der Waals surface area contributed by atoms with Crippen LogP contribution < -0.4 is 10.2 Å². The average molecular weight is 279 g/mol. The van der Waals surface area contributed by atoms with Crippen molar-refractivity contribution < 1.29 is 0 Å². The number of anilines is 1. The summed E-state index contributed by atoms with van der Waals surface area (Å²) in [5.41, 5.74) is 2.58. The molecule has 0 radical (unpaired) electrons. The van der Waals surface area contributed by atoms with Gasteiger partial charge in [-0.25, -0.2) is 4.98 Å². The quantitative estimate of drug-likeness (QED) is 0.897. The van der Waals surface area contributed by atoms with E-state index in [0.717, 1.165) is 31.4 Å². The van der Waals surface area contributed by atoms with Crippen molar-refractivity contribution in [2.45, 2.75) is 39.0 Å². The molecule has 1 aromatic rings. The zero-order chi connectivity index (χ0) is 13.7. The van der Waals surface area contributed by atoms with Gasteiger partial charge in [-0.15, -0.1) is 0 Å². The Hall–Kier alpha value is -0.740. The number of nitrogens with zero attached hydrogens (tertiary/aromatic N) is 2. The summed E-state index contributed by atoms with van der Waals surface area (Å²) in [6.07, 6.45) is 3.27. The Morgan fingerprint density at radius 3 is 3.00 bits per heavy atom. The molecule has 0 saturated carbocycles. The normalized spacial score (nSPS) is 19.7. The van der Waals surface area contributed by atoms with E-state index >= 15 is 0 Å². The molecule has 1 N–H and O–H groups in total. The topological polar surface area (TPSA) is 28.2 Å². The molecular weight excluding hydrogens is 254 g/mol. The number of thioether (sulfide) groups is 1. The second kappa shape index (κ2) is 7.15. The minimum Gasteiger partial charge on any atom is -0.354 e. The number of pyridine rings is 1. The molecule has 1 aliphatic rings. The van der Waals surface area contributed by atoms with Gasteiger partial charge in [0, 0.05) is 36.8 Å². The SMILES string of the molecule is CCNCc1cnc(N2CCSC(CC)C2)c(C)c1. The van der Waals surface area contributed by atoms with Gasteiger partial charge in [0.2, 0.25) is 0 Å². The van der Waals surface area contributed by atoms with Crippen LogP contribution in [0, 0.1) is 6.92 Å². The van der Waals surface area contributed by atoms with Crippen LogP contribution in [0.25, 0.3) is 0 Å². The molecule has 2 heterocycles. The highest BCUT2D eigenvalue weighted by Gasteiger charge is 2.21. The molecule has 1 fully saturated rings. The van der Waals surface area contributed by atoms with E-state index in [-0.39, 0.29) is 0 Å². The van der Waals surface area contributed by atoms with E-state index in [1.807, 2.05) is 6.20 Å². The van der Waals surface area contributed by atoms with Crippen molar-refractivity contribution in [1.82, 2.24) is 10.3 Å². The van der Waals surface area contributed by atoms with Crippen molar-refractivity contribution in [1.29, 1.82) is 0 Å². The van der Waals surface area contributed by atoms with E-state index in [0.29, 0.717) is 0 Å². The third-order valence-corrected chi connectivity index (χ3v) is 4.95. The van der Waals surface area contributed by atoms with Crippen molar-refractivity contribution in [2.75, 3.05) is 30.3 Å². The van der Waals surface area contributed by atoms with Gasteiger partial charge in [-0.3, -0.25) is 0 Å². The van der Waals surface area contributed by atoms with Crippen molar-refractivity contribution in [3.8, 4) is 0 Å². The molecule has 0 aromatic carbocycles. The molecule has 0 bridgehead atoms. The molecule has 1 aromatic heterocycles. The Morgan fingerprint density at radius 2 is 2.32 bits per heavy atom. The number of aromatic nitrogens is 1. The van der Waals surface area contributed by atoms with Crippen LogP contribution in [-0.4, -0.2) is 35.6 Å². The Morgan fingerprint density at radius 1 is 1.47 bits per heavy atom. The molecule has 1 saturated heterocycles. The minimum atomic E-state index is 0.761. The van der Waals surface area contributed by atoms with Gasteiger partial charge in [0.05, 0.1) is 0 Å². The van der Waals surface area contributed by atoms with Gasteiger partial charge in [0.15, 0.2) is 0 Å². The number of nitrogens with one attached hydrogen (secondary N) is 1. The van der Waals surface area contributed by atoms with E-state index in [9.17, 15) is 0 Å². The van der Waals surface area contributed by atoms with Crippen molar-refractivity contribution in [3.05, 3.63) is 23.4 Å². The maximum atomic E-state index is 4.70. The lowest BCUT2D eigenvalue weighted by atomic mass is 10.2. The maximum Gasteiger partial charge on any atom is 0.131 e. The van der Waals surface area contributed by atoms with Crippen molar-refractivity contribution in [3.63, 3.8) is 0 Å². The van der Waals surface area contributed by atoms with E-state index in [4.69, 9.17) is 4.98 Å². The molecule has 0 amide bonds. The van der Waals surface area contributed by atoms with Crippen molar-refractivity contribution >= 4 is 17.6 Å². The van der Waals surface area contributed by atoms with Crippen molar-refractivity contribution in [2.24, 2.45) is 0 Å². The van der Waals surface area contributed by atoms with Crippen LogP contribution in [0.3, 0.4) is 0 Å². The largest absolute Gasteiger partial charge is 0.354 e. The van der Waals surface area contributed by atoms with Crippen LogP contribution >= 0.6 is 11.8 Å². The van der Waals surface area contributed by atoms with Gasteiger partial charge < -0.3 is 10.2 Å². The second-order valence-corrected chi connectivity index (χ2v) is 6.52. The molecule has 19 heavy (non-hydrogen) atoms. The molecule has 0 spiro atoms. The second-order valence-electron chi connectivity index (χ2n) is 5.11. The van der Waals surface area contributed by atoms with E-state index in [2.05, 4.69) is 48.8 Å². The van der Waals surface area contributed by atoms with E-state index in [1.54, 1.807) is 0 Å². The van der Waals surface area contributed by atoms with Gasteiger partial charge in [0.1, 0.15) is 5.82 Å². The first kappa shape index (κ1) is 14.7. The summed E-state index contributed by atoms with van der Waals surface area (Å²) >= 11 is 2.10. The van der Waals surface area contributed by atoms with Crippen LogP contribution in [0.15, 0.2) is 12.3 Å².